The molecular weight excluding hydrogens is 292 g/mol. The number of hydrogen-bond donors (Lipinski definition) is 2. The van der Waals surface area contributed by atoms with Crippen LogP contribution in [0.4, 0.5) is 0 Å². The number of carboxylic acids is 1. The highest BCUT2D eigenvalue weighted by Gasteiger charge is 2.30. The van der Waals surface area contributed by atoms with E-state index >= 15 is 0 Å². The van der Waals surface area contributed by atoms with E-state index in [0.29, 0.717) is 24.4 Å². The van der Waals surface area contributed by atoms with Gasteiger partial charge in [0.05, 0.1) is 4.88 Å². The summed E-state index contributed by atoms with van der Waals surface area (Å²) in [6, 6.07) is 2.88. The molecule has 21 heavy (non-hydrogen) atoms. The van der Waals surface area contributed by atoms with Crippen molar-refractivity contribution >= 4 is 29.1 Å². The zero-order valence-electron chi connectivity index (χ0n) is 11.7. The Morgan fingerprint density at radius 3 is 2.90 bits per heavy atom. The van der Waals surface area contributed by atoms with Gasteiger partial charge in [0, 0.05) is 19.5 Å². The molecule has 1 aliphatic heterocycles. The van der Waals surface area contributed by atoms with Gasteiger partial charge in [-0.15, -0.1) is 11.3 Å². The van der Waals surface area contributed by atoms with Gasteiger partial charge in [0.15, 0.2) is 0 Å². The number of nitrogens with one attached hydrogen (secondary N) is 1. The molecule has 0 saturated carbocycles. The Bertz CT molecular complexity index is 529. The van der Waals surface area contributed by atoms with Gasteiger partial charge in [-0.05, 0) is 30.7 Å². The standard InChI is InChI=1S/C14H18N2O4S/c1-9(15-13(19)11-3-2-6-21-11)14(20)16-5-4-10(8-16)7-12(17)18/h2-3,6,9-10H,4-5,7-8H2,1H3,(H,15,19)(H,17,18). The van der Waals surface area contributed by atoms with Crippen LogP contribution < -0.4 is 5.32 Å². The minimum Gasteiger partial charge on any atom is -0.481 e. The fourth-order valence-electron chi connectivity index (χ4n) is 2.46. The number of carbonyl (C=O) groups is 3. The van der Waals surface area contributed by atoms with Crippen molar-refractivity contribution in [1.82, 2.24) is 10.2 Å². The predicted molar refractivity (Wildman–Crippen MR) is 78.2 cm³/mol. The summed E-state index contributed by atoms with van der Waals surface area (Å²) >= 11 is 1.32. The molecule has 2 N–H and O–H groups in total. The molecule has 1 aromatic heterocycles. The van der Waals surface area contributed by atoms with Gasteiger partial charge in [0.25, 0.3) is 5.91 Å². The van der Waals surface area contributed by atoms with Gasteiger partial charge in [-0.25, -0.2) is 0 Å². The molecule has 1 aromatic rings. The maximum Gasteiger partial charge on any atom is 0.303 e. The predicted octanol–water partition coefficient (Wildman–Crippen LogP) is 1.19. The van der Waals surface area contributed by atoms with Gasteiger partial charge in [0.1, 0.15) is 6.04 Å². The van der Waals surface area contributed by atoms with Gasteiger partial charge in [-0.3, -0.25) is 14.4 Å². The molecular formula is C14H18N2O4S. The fourth-order valence-corrected chi connectivity index (χ4v) is 3.08. The van der Waals surface area contributed by atoms with Gasteiger partial charge >= 0.3 is 5.97 Å². The van der Waals surface area contributed by atoms with Crippen molar-refractivity contribution in [2.45, 2.75) is 25.8 Å². The highest BCUT2D eigenvalue weighted by Crippen LogP contribution is 2.20. The fraction of sp³-hybridized carbons (Fsp3) is 0.500. The zero-order chi connectivity index (χ0) is 15.4. The van der Waals surface area contributed by atoms with Crippen molar-refractivity contribution in [3.8, 4) is 0 Å². The van der Waals surface area contributed by atoms with Crippen molar-refractivity contribution in [2.75, 3.05) is 13.1 Å². The van der Waals surface area contributed by atoms with E-state index in [1.807, 2.05) is 0 Å². The average Bonchev–Trinajstić information content (AvgIpc) is 3.07. The quantitative estimate of drug-likeness (QED) is 0.855. The van der Waals surface area contributed by atoms with E-state index in [1.54, 1.807) is 29.3 Å². The largest absolute Gasteiger partial charge is 0.481 e. The number of thiophene rings is 1. The Labute approximate surface area is 126 Å². The average molecular weight is 310 g/mol. The molecule has 114 valence electrons. The first-order valence-corrected chi connectivity index (χ1v) is 7.70. The first-order chi connectivity index (χ1) is 9.97. The molecule has 1 saturated heterocycles. The molecule has 2 rings (SSSR count). The lowest BCUT2D eigenvalue weighted by atomic mass is 10.1. The minimum absolute atomic E-state index is 0.00616. The van der Waals surface area contributed by atoms with Crippen LogP contribution in [0.1, 0.15) is 29.4 Å². The van der Waals surface area contributed by atoms with E-state index in [9.17, 15) is 14.4 Å². The molecule has 7 heteroatoms. The summed E-state index contributed by atoms with van der Waals surface area (Å²) in [6.45, 7) is 2.65. The highest BCUT2D eigenvalue weighted by molar-refractivity contribution is 7.12. The first-order valence-electron chi connectivity index (χ1n) is 6.82. The lowest BCUT2D eigenvalue weighted by Crippen LogP contribution is -2.46. The van der Waals surface area contributed by atoms with Crippen LogP contribution in [0.3, 0.4) is 0 Å². The number of likely N-dealkylation sites (tertiary alicyclic amines) is 1. The van der Waals surface area contributed by atoms with E-state index in [1.165, 1.54) is 11.3 Å². The number of rotatable bonds is 5. The molecule has 0 bridgehead atoms. The molecule has 2 heterocycles. The number of carboxylic acid groups (broad SMARTS) is 1. The summed E-state index contributed by atoms with van der Waals surface area (Å²) < 4.78 is 0. The lowest BCUT2D eigenvalue weighted by Gasteiger charge is -2.21. The van der Waals surface area contributed by atoms with E-state index in [-0.39, 0.29) is 24.2 Å². The van der Waals surface area contributed by atoms with Crippen molar-refractivity contribution in [2.24, 2.45) is 5.92 Å². The summed E-state index contributed by atoms with van der Waals surface area (Å²) in [6.07, 6.45) is 0.781. The minimum atomic E-state index is -0.839. The van der Waals surface area contributed by atoms with Gasteiger partial charge in [-0.1, -0.05) is 6.07 Å². The summed E-state index contributed by atoms with van der Waals surface area (Å²) in [5.41, 5.74) is 0. The molecule has 0 spiro atoms. The van der Waals surface area contributed by atoms with Crippen LogP contribution in [0.5, 0.6) is 0 Å². The number of hydrogen-bond acceptors (Lipinski definition) is 4. The van der Waals surface area contributed by atoms with Crippen LogP contribution >= 0.6 is 11.3 Å². The number of amides is 2. The third-order valence-electron chi connectivity index (χ3n) is 3.52. The van der Waals surface area contributed by atoms with E-state index in [4.69, 9.17) is 5.11 Å². The third-order valence-corrected chi connectivity index (χ3v) is 4.39. The second-order valence-corrected chi connectivity index (χ2v) is 6.16. The monoisotopic (exact) mass is 310 g/mol. The second-order valence-electron chi connectivity index (χ2n) is 5.21. The smallest absolute Gasteiger partial charge is 0.303 e. The summed E-state index contributed by atoms with van der Waals surface area (Å²) in [4.78, 5) is 37.0. The molecule has 0 aliphatic carbocycles. The number of aliphatic carboxylic acids is 1. The van der Waals surface area contributed by atoms with Crippen LogP contribution in [-0.4, -0.2) is 46.9 Å². The Morgan fingerprint density at radius 2 is 2.29 bits per heavy atom. The van der Waals surface area contributed by atoms with Crippen molar-refractivity contribution in [3.63, 3.8) is 0 Å². The summed E-state index contributed by atoms with van der Waals surface area (Å²) in [7, 11) is 0. The first kappa shape index (κ1) is 15.5. The van der Waals surface area contributed by atoms with Crippen LogP contribution in [0, 0.1) is 5.92 Å². The zero-order valence-corrected chi connectivity index (χ0v) is 12.6. The maximum atomic E-state index is 12.2. The van der Waals surface area contributed by atoms with Crippen molar-refractivity contribution in [1.29, 1.82) is 0 Å². The van der Waals surface area contributed by atoms with Crippen LogP contribution in [0.25, 0.3) is 0 Å². The third kappa shape index (κ3) is 4.04. The Balaban J connectivity index is 1.85. The molecule has 0 aromatic carbocycles. The molecule has 1 fully saturated rings. The number of carbonyl (C=O) groups excluding carboxylic acids is 2. The second kappa shape index (κ2) is 6.71. The highest BCUT2D eigenvalue weighted by atomic mass is 32.1. The Hall–Kier alpha value is -1.89. The van der Waals surface area contributed by atoms with E-state index in [0.717, 1.165) is 0 Å². The van der Waals surface area contributed by atoms with Crippen LogP contribution in [-0.2, 0) is 9.59 Å². The van der Waals surface area contributed by atoms with Crippen LogP contribution in [0.15, 0.2) is 17.5 Å². The molecule has 6 nitrogen and oxygen atoms in total. The summed E-state index contributed by atoms with van der Waals surface area (Å²) in [5.74, 6) is -1.25. The molecule has 1 aliphatic rings. The maximum absolute atomic E-state index is 12.2. The van der Waals surface area contributed by atoms with Crippen molar-refractivity contribution < 1.29 is 19.5 Å². The van der Waals surface area contributed by atoms with E-state index < -0.39 is 12.0 Å². The van der Waals surface area contributed by atoms with E-state index in [2.05, 4.69) is 5.32 Å². The molecule has 2 amide bonds. The van der Waals surface area contributed by atoms with Gasteiger partial charge in [0.2, 0.25) is 5.91 Å². The van der Waals surface area contributed by atoms with Crippen molar-refractivity contribution in [3.05, 3.63) is 22.4 Å². The normalized spacial score (nSPS) is 19.3. The van der Waals surface area contributed by atoms with Crippen LogP contribution in [0.2, 0.25) is 0 Å². The Morgan fingerprint density at radius 1 is 1.52 bits per heavy atom. The van der Waals surface area contributed by atoms with Gasteiger partial charge in [-0.2, -0.15) is 0 Å². The van der Waals surface area contributed by atoms with Gasteiger partial charge < -0.3 is 15.3 Å². The SMILES string of the molecule is CC(NC(=O)c1cccs1)C(=O)N1CCC(CC(=O)O)C1. The molecule has 2 unspecified atom stereocenters. The lowest BCUT2D eigenvalue weighted by molar-refractivity contribution is -0.138. The topological polar surface area (TPSA) is 86.7 Å². The summed E-state index contributed by atoms with van der Waals surface area (Å²) in [5, 5.41) is 13.3. The Kier molecular flexibility index (Phi) is 4.95. The number of nitrogens with zero attached hydrogens (tertiary/aromatic N) is 1. The molecule has 0 radical (unpaired) electrons. The molecule has 2 atom stereocenters.